The molecule has 0 radical (unpaired) electrons. The van der Waals surface area contributed by atoms with E-state index in [9.17, 15) is 14.7 Å². The molecule has 116 valence electrons. The number of nitrogens with zero attached hydrogens (tertiary/aromatic N) is 1. The SMILES string of the molecule is COCCN1CC(C(=O)NC(C)C(CO)SC)CC1=O. The van der Waals surface area contributed by atoms with Crippen LogP contribution in [0.15, 0.2) is 0 Å². The highest BCUT2D eigenvalue weighted by Crippen LogP contribution is 2.19. The number of likely N-dealkylation sites (tertiary alicyclic amines) is 1. The third kappa shape index (κ3) is 4.64. The summed E-state index contributed by atoms with van der Waals surface area (Å²) >= 11 is 1.52. The second-order valence-corrected chi connectivity index (χ2v) is 6.06. The van der Waals surface area contributed by atoms with Crippen molar-refractivity contribution in [1.82, 2.24) is 10.2 Å². The van der Waals surface area contributed by atoms with Crippen LogP contribution >= 0.6 is 11.8 Å². The van der Waals surface area contributed by atoms with Crippen LogP contribution < -0.4 is 5.32 Å². The summed E-state index contributed by atoms with van der Waals surface area (Å²) in [6, 6.07) is -0.120. The molecule has 0 spiro atoms. The molecular weight excluding hydrogens is 280 g/mol. The average Bonchev–Trinajstić information content (AvgIpc) is 2.79. The van der Waals surface area contributed by atoms with Crippen LogP contribution in [0.25, 0.3) is 0 Å². The molecular formula is C13H24N2O4S. The van der Waals surface area contributed by atoms with Crippen LogP contribution in [0.2, 0.25) is 0 Å². The third-order valence-corrected chi connectivity index (χ3v) is 4.72. The maximum absolute atomic E-state index is 12.1. The van der Waals surface area contributed by atoms with Crippen molar-refractivity contribution < 1.29 is 19.4 Å². The smallest absolute Gasteiger partial charge is 0.225 e. The topological polar surface area (TPSA) is 78.9 Å². The van der Waals surface area contributed by atoms with Crippen LogP contribution in [0.3, 0.4) is 0 Å². The molecule has 1 heterocycles. The van der Waals surface area contributed by atoms with Crippen LogP contribution in [0.5, 0.6) is 0 Å². The fourth-order valence-electron chi connectivity index (χ4n) is 2.24. The Hall–Kier alpha value is -0.790. The minimum Gasteiger partial charge on any atom is -0.395 e. The molecule has 1 saturated heterocycles. The maximum atomic E-state index is 12.1. The third-order valence-electron chi connectivity index (χ3n) is 3.56. The standard InChI is InChI=1S/C13H24N2O4S/c1-9(11(8-16)20-3)14-13(18)10-6-12(17)15(7-10)4-5-19-2/h9-11,16H,4-8H2,1-3H3,(H,14,18). The summed E-state index contributed by atoms with van der Waals surface area (Å²) in [5, 5.41) is 12.1. The lowest BCUT2D eigenvalue weighted by Gasteiger charge is -2.23. The van der Waals surface area contributed by atoms with Crippen LogP contribution in [-0.2, 0) is 14.3 Å². The van der Waals surface area contributed by atoms with E-state index in [4.69, 9.17) is 4.74 Å². The van der Waals surface area contributed by atoms with Crippen molar-refractivity contribution in [2.45, 2.75) is 24.6 Å². The Bertz CT molecular complexity index is 336. The van der Waals surface area contributed by atoms with Crippen molar-refractivity contribution in [2.75, 3.05) is 39.7 Å². The van der Waals surface area contributed by atoms with E-state index < -0.39 is 0 Å². The van der Waals surface area contributed by atoms with Gasteiger partial charge in [-0.1, -0.05) is 0 Å². The Labute approximate surface area is 124 Å². The average molecular weight is 304 g/mol. The Balaban J connectivity index is 2.47. The molecule has 0 saturated carbocycles. The van der Waals surface area contributed by atoms with Gasteiger partial charge in [-0.25, -0.2) is 0 Å². The molecule has 3 unspecified atom stereocenters. The number of hydrogen-bond donors (Lipinski definition) is 2. The molecule has 2 amide bonds. The van der Waals surface area contributed by atoms with Crippen molar-refractivity contribution in [3.8, 4) is 0 Å². The second-order valence-electron chi connectivity index (χ2n) is 4.99. The van der Waals surface area contributed by atoms with E-state index in [1.165, 1.54) is 11.8 Å². The summed E-state index contributed by atoms with van der Waals surface area (Å²) in [5.41, 5.74) is 0. The molecule has 3 atom stereocenters. The molecule has 20 heavy (non-hydrogen) atoms. The van der Waals surface area contributed by atoms with Gasteiger partial charge >= 0.3 is 0 Å². The minimum absolute atomic E-state index is 0.00146. The van der Waals surface area contributed by atoms with E-state index in [0.29, 0.717) is 19.7 Å². The van der Waals surface area contributed by atoms with Crippen LogP contribution in [0.1, 0.15) is 13.3 Å². The molecule has 0 aliphatic carbocycles. The maximum Gasteiger partial charge on any atom is 0.225 e. The summed E-state index contributed by atoms with van der Waals surface area (Å²) in [4.78, 5) is 25.6. The number of rotatable bonds is 8. The molecule has 1 aliphatic heterocycles. The lowest BCUT2D eigenvalue weighted by Crippen LogP contribution is -2.44. The minimum atomic E-state index is -0.303. The molecule has 6 nitrogen and oxygen atoms in total. The van der Waals surface area contributed by atoms with E-state index in [2.05, 4.69) is 5.32 Å². The monoisotopic (exact) mass is 304 g/mol. The van der Waals surface area contributed by atoms with Crippen LogP contribution in [0.4, 0.5) is 0 Å². The molecule has 1 fully saturated rings. The van der Waals surface area contributed by atoms with Gasteiger partial charge in [0.1, 0.15) is 0 Å². The van der Waals surface area contributed by atoms with E-state index in [1.807, 2.05) is 13.2 Å². The zero-order valence-corrected chi connectivity index (χ0v) is 13.1. The summed E-state index contributed by atoms with van der Waals surface area (Å²) in [6.45, 7) is 3.35. The zero-order chi connectivity index (χ0) is 15.1. The highest BCUT2D eigenvalue weighted by atomic mass is 32.2. The van der Waals surface area contributed by atoms with Gasteiger partial charge in [0, 0.05) is 37.9 Å². The highest BCUT2D eigenvalue weighted by Gasteiger charge is 2.34. The van der Waals surface area contributed by atoms with Gasteiger partial charge in [-0.3, -0.25) is 9.59 Å². The van der Waals surface area contributed by atoms with Crippen molar-refractivity contribution in [3.05, 3.63) is 0 Å². The number of nitrogens with one attached hydrogen (secondary N) is 1. The number of aliphatic hydroxyl groups excluding tert-OH is 1. The van der Waals surface area contributed by atoms with E-state index in [-0.39, 0.29) is 42.1 Å². The van der Waals surface area contributed by atoms with Gasteiger partial charge in [0.15, 0.2) is 0 Å². The zero-order valence-electron chi connectivity index (χ0n) is 12.3. The first-order chi connectivity index (χ1) is 9.53. The summed E-state index contributed by atoms with van der Waals surface area (Å²) in [6.07, 6.45) is 2.15. The second kappa shape index (κ2) is 8.49. The van der Waals surface area contributed by atoms with Gasteiger partial charge in [-0.05, 0) is 13.2 Å². The first kappa shape index (κ1) is 17.3. The predicted octanol–water partition coefficient (Wildman–Crippen LogP) is -0.290. The molecule has 7 heteroatoms. The lowest BCUT2D eigenvalue weighted by atomic mass is 10.1. The van der Waals surface area contributed by atoms with E-state index in [1.54, 1.807) is 12.0 Å². The molecule has 0 aromatic carbocycles. The van der Waals surface area contributed by atoms with Gasteiger partial charge in [-0.15, -0.1) is 0 Å². The summed E-state index contributed by atoms with van der Waals surface area (Å²) in [7, 11) is 1.59. The first-order valence-electron chi connectivity index (χ1n) is 6.74. The molecule has 0 aromatic rings. The van der Waals surface area contributed by atoms with Gasteiger partial charge in [0.05, 0.1) is 19.1 Å². The van der Waals surface area contributed by atoms with Gasteiger partial charge in [-0.2, -0.15) is 11.8 Å². The Kier molecular flexibility index (Phi) is 7.32. The molecule has 2 N–H and O–H groups in total. The number of methoxy groups -OCH3 is 1. The molecule has 1 aliphatic rings. The van der Waals surface area contributed by atoms with Gasteiger partial charge in [0.25, 0.3) is 0 Å². The Morgan fingerprint density at radius 1 is 1.65 bits per heavy atom. The number of carbonyl (C=O) groups is 2. The van der Waals surface area contributed by atoms with Crippen molar-refractivity contribution in [1.29, 1.82) is 0 Å². The van der Waals surface area contributed by atoms with Crippen molar-refractivity contribution >= 4 is 23.6 Å². The number of ether oxygens (including phenoxy) is 1. The number of thioether (sulfide) groups is 1. The van der Waals surface area contributed by atoms with Crippen LogP contribution in [-0.4, -0.2) is 72.8 Å². The van der Waals surface area contributed by atoms with Crippen molar-refractivity contribution in [2.24, 2.45) is 5.92 Å². The quantitative estimate of drug-likeness (QED) is 0.644. The highest BCUT2D eigenvalue weighted by molar-refractivity contribution is 7.99. The molecule has 0 aromatic heterocycles. The number of carbonyl (C=O) groups excluding carboxylic acids is 2. The van der Waals surface area contributed by atoms with E-state index >= 15 is 0 Å². The van der Waals surface area contributed by atoms with Gasteiger partial charge < -0.3 is 20.1 Å². The molecule has 1 rings (SSSR count). The lowest BCUT2D eigenvalue weighted by molar-refractivity contribution is -0.129. The number of amides is 2. The number of aliphatic hydroxyl groups is 1. The van der Waals surface area contributed by atoms with Crippen LogP contribution in [0, 0.1) is 5.92 Å². The first-order valence-corrected chi connectivity index (χ1v) is 8.03. The van der Waals surface area contributed by atoms with Crippen molar-refractivity contribution in [3.63, 3.8) is 0 Å². The summed E-state index contributed by atoms with van der Waals surface area (Å²) in [5.74, 6) is -0.417. The predicted molar refractivity (Wildman–Crippen MR) is 78.6 cm³/mol. The van der Waals surface area contributed by atoms with Gasteiger partial charge in [0.2, 0.25) is 11.8 Å². The fourth-order valence-corrected chi connectivity index (χ4v) is 2.86. The normalized spacial score (nSPS) is 21.9. The number of hydrogen-bond acceptors (Lipinski definition) is 5. The Morgan fingerprint density at radius 3 is 2.90 bits per heavy atom. The van der Waals surface area contributed by atoms with E-state index in [0.717, 1.165) is 0 Å². The largest absolute Gasteiger partial charge is 0.395 e. The Morgan fingerprint density at radius 2 is 2.35 bits per heavy atom. The summed E-state index contributed by atoms with van der Waals surface area (Å²) < 4.78 is 4.95. The fraction of sp³-hybridized carbons (Fsp3) is 0.846. The molecule has 0 bridgehead atoms.